The summed E-state index contributed by atoms with van der Waals surface area (Å²) >= 11 is 5.91. The fourth-order valence-electron chi connectivity index (χ4n) is 1.86. The Morgan fingerprint density at radius 1 is 1.58 bits per heavy atom. The minimum absolute atomic E-state index is 0.215. The van der Waals surface area contributed by atoms with Gasteiger partial charge in [-0.15, -0.1) is 11.3 Å². The zero-order valence-electron chi connectivity index (χ0n) is 10.3. The molecule has 0 radical (unpaired) electrons. The number of sulfonamides is 1. The lowest BCUT2D eigenvalue weighted by atomic mass is 10.0. The van der Waals surface area contributed by atoms with Crippen LogP contribution in [-0.2, 0) is 14.8 Å². The van der Waals surface area contributed by atoms with Gasteiger partial charge in [0.1, 0.15) is 9.20 Å². The standard InChI is InChI=1S/C11H16N2O3S3/c12-11(17)9-3-4-10(18-9)19(14,15)13-6-8-2-1-5-16-7-8/h3-4,8,13H,1-2,5-7H2,(H2,12,17). The SMILES string of the molecule is NC(=S)c1ccc(S(=O)(=O)NCC2CCCOC2)s1. The van der Waals surface area contributed by atoms with E-state index < -0.39 is 10.0 Å². The Bertz CT molecular complexity index is 547. The summed E-state index contributed by atoms with van der Waals surface area (Å²) in [5.74, 6) is 0.249. The highest BCUT2D eigenvalue weighted by Gasteiger charge is 2.20. The largest absolute Gasteiger partial charge is 0.389 e. The van der Waals surface area contributed by atoms with Crippen molar-refractivity contribution >= 4 is 38.6 Å². The molecule has 1 aliphatic rings. The minimum Gasteiger partial charge on any atom is -0.389 e. The van der Waals surface area contributed by atoms with Crippen molar-refractivity contribution in [1.29, 1.82) is 0 Å². The number of hydrogen-bond acceptors (Lipinski definition) is 5. The van der Waals surface area contributed by atoms with Gasteiger partial charge in [0.05, 0.1) is 11.5 Å². The summed E-state index contributed by atoms with van der Waals surface area (Å²) in [5.41, 5.74) is 5.47. The van der Waals surface area contributed by atoms with Crippen molar-refractivity contribution in [2.75, 3.05) is 19.8 Å². The highest BCUT2D eigenvalue weighted by molar-refractivity contribution is 7.91. The van der Waals surface area contributed by atoms with Crippen LogP contribution in [0.4, 0.5) is 0 Å². The fourth-order valence-corrected chi connectivity index (χ4v) is 4.38. The molecule has 8 heteroatoms. The molecule has 3 N–H and O–H groups in total. The third kappa shape index (κ3) is 3.96. The van der Waals surface area contributed by atoms with Crippen LogP contribution in [0.25, 0.3) is 0 Å². The molecule has 1 fully saturated rings. The van der Waals surface area contributed by atoms with Crippen LogP contribution in [0.15, 0.2) is 16.3 Å². The van der Waals surface area contributed by atoms with Gasteiger partial charge in [0.15, 0.2) is 0 Å². The van der Waals surface area contributed by atoms with E-state index in [1.165, 1.54) is 6.07 Å². The van der Waals surface area contributed by atoms with Gasteiger partial charge in [0.2, 0.25) is 10.0 Å². The summed E-state index contributed by atoms with van der Waals surface area (Å²) in [5, 5.41) is 0. The minimum atomic E-state index is -3.47. The smallest absolute Gasteiger partial charge is 0.250 e. The molecule has 0 aromatic carbocycles. The topological polar surface area (TPSA) is 81.4 Å². The van der Waals surface area contributed by atoms with Gasteiger partial charge in [-0.2, -0.15) is 0 Å². The van der Waals surface area contributed by atoms with Crippen molar-refractivity contribution in [3.63, 3.8) is 0 Å². The molecule has 0 saturated carbocycles. The molecule has 0 amide bonds. The maximum atomic E-state index is 12.1. The predicted molar refractivity (Wildman–Crippen MR) is 78.9 cm³/mol. The van der Waals surface area contributed by atoms with Crippen molar-refractivity contribution in [2.45, 2.75) is 17.1 Å². The molecule has 1 atom stereocenters. The van der Waals surface area contributed by atoms with Crippen LogP contribution in [0.1, 0.15) is 17.7 Å². The first-order valence-electron chi connectivity index (χ1n) is 5.96. The molecule has 1 aromatic heterocycles. The molecule has 0 spiro atoms. The molecular formula is C11H16N2O3S3. The molecule has 1 unspecified atom stereocenters. The Hall–Kier alpha value is -0.540. The van der Waals surface area contributed by atoms with Crippen LogP contribution in [0.5, 0.6) is 0 Å². The first-order chi connectivity index (χ1) is 8.99. The third-order valence-corrected chi connectivity index (χ3v) is 6.29. The summed E-state index contributed by atoms with van der Waals surface area (Å²) in [6.07, 6.45) is 1.97. The lowest BCUT2D eigenvalue weighted by Gasteiger charge is -2.21. The predicted octanol–water partition coefficient (Wildman–Crippen LogP) is 1.09. The summed E-state index contributed by atoms with van der Waals surface area (Å²) in [6, 6.07) is 3.16. The Morgan fingerprint density at radius 3 is 2.95 bits per heavy atom. The monoisotopic (exact) mass is 320 g/mol. The lowest BCUT2D eigenvalue weighted by Crippen LogP contribution is -2.32. The van der Waals surface area contributed by atoms with E-state index in [0.29, 0.717) is 18.0 Å². The second kappa shape index (κ2) is 6.27. The van der Waals surface area contributed by atoms with Crippen LogP contribution in [0.2, 0.25) is 0 Å². The highest BCUT2D eigenvalue weighted by Crippen LogP contribution is 2.22. The number of rotatable bonds is 5. The van der Waals surface area contributed by atoms with E-state index in [1.54, 1.807) is 6.07 Å². The van der Waals surface area contributed by atoms with Crippen LogP contribution >= 0.6 is 23.6 Å². The Labute approximate surface area is 122 Å². The van der Waals surface area contributed by atoms with Gasteiger partial charge in [-0.25, -0.2) is 13.1 Å². The van der Waals surface area contributed by atoms with Crippen molar-refractivity contribution in [3.05, 3.63) is 17.0 Å². The number of thiophene rings is 1. The first-order valence-corrected chi connectivity index (χ1v) is 8.67. The average molecular weight is 320 g/mol. The van der Waals surface area contributed by atoms with Gasteiger partial charge in [0, 0.05) is 13.2 Å². The zero-order chi connectivity index (χ0) is 13.9. The van der Waals surface area contributed by atoms with E-state index in [0.717, 1.165) is 30.8 Å². The van der Waals surface area contributed by atoms with Crippen molar-refractivity contribution in [3.8, 4) is 0 Å². The number of nitrogens with two attached hydrogens (primary N) is 1. The molecule has 1 aromatic rings. The van der Waals surface area contributed by atoms with Gasteiger partial charge in [-0.05, 0) is 30.9 Å². The van der Waals surface area contributed by atoms with E-state index in [1.807, 2.05) is 0 Å². The fraction of sp³-hybridized carbons (Fsp3) is 0.545. The molecule has 0 aliphatic carbocycles. The Balaban J connectivity index is 1.98. The van der Waals surface area contributed by atoms with E-state index in [4.69, 9.17) is 22.7 Å². The van der Waals surface area contributed by atoms with Crippen molar-refractivity contribution < 1.29 is 13.2 Å². The van der Waals surface area contributed by atoms with Crippen molar-refractivity contribution in [1.82, 2.24) is 4.72 Å². The van der Waals surface area contributed by atoms with Gasteiger partial charge in [0.25, 0.3) is 0 Å². The maximum absolute atomic E-state index is 12.1. The molecule has 1 aliphatic heterocycles. The average Bonchev–Trinajstić information content (AvgIpc) is 2.88. The summed E-state index contributed by atoms with van der Waals surface area (Å²) in [7, 11) is -3.47. The third-order valence-electron chi connectivity index (χ3n) is 2.91. The Kier molecular flexibility index (Phi) is 4.91. The quantitative estimate of drug-likeness (QED) is 0.794. The van der Waals surface area contributed by atoms with E-state index in [-0.39, 0.29) is 15.1 Å². The van der Waals surface area contributed by atoms with Crippen LogP contribution in [-0.4, -0.2) is 33.2 Å². The van der Waals surface area contributed by atoms with Crippen LogP contribution < -0.4 is 10.5 Å². The second-order valence-corrected chi connectivity index (χ2v) is 7.94. The number of ether oxygens (including phenoxy) is 1. The number of nitrogens with one attached hydrogen (secondary N) is 1. The summed E-state index contributed by atoms with van der Waals surface area (Å²) in [6.45, 7) is 1.79. The van der Waals surface area contributed by atoms with E-state index in [9.17, 15) is 8.42 Å². The lowest BCUT2D eigenvalue weighted by molar-refractivity contribution is 0.0568. The van der Waals surface area contributed by atoms with Gasteiger partial charge in [-0.3, -0.25) is 0 Å². The van der Waals surface area contributed by atoms with Crippen LogP contribution in [0, 0.1) is 5.92 Å². The van der Waals surface area contributed by atoms with Crippen molar-refractivity contribution in [2.24, 2.45) is 11.7 Å². The number of thiocarbonyl (C=S) groups is 1. The van der Waals surface area contributed by atoms with Gasteiger partial charge in [-0.1, -0.05) is 12.2 Å². The molecular weight excluding hydrogens is 304 g/mol. The van der Waals surface area contributed by atoms with E-state index in [2.05, 4.69) is 4.72 Å². The molecule has 106 valence electrons. The summed E-state index contributed by atoms with van der Waals surface area (Å²) in [4.78, 5) is 0.823. The molecule has 2 heterocycles. The molecule has 1 saturated heterocycles. The number of hydrogen-bond donors (Lipinski definition) is 2. The normalized spacial score (nSPS) is 20.3. The van der Waals surface area contributed by atoms with Gasteiger partial charge >= 0.3 is 0 Å². The molecule has 5 nitrogen and oxygen atoms in total. The molecule has 0 bridgehead atoms. The molecule has 2 rings (SSSR count). The first kappa shape index (κ1) is 14.9. The Morgan fingerprint density at radius 2 is 2.37 bits per heavy atom. The van der Waals surface area contributed by atoms with Gasteiger partial charge < -0.3 is 10.5 Å². The molecule has 19 heavy (non-hydrogen) atoms. The highest BCUT2D eigenvalue weighted by atomic mass is 32.2. The maximum Gasteiger partial charge on any atom is 0.250 e. The van der Waals surface area contributed by atoms with E-state index >= 15 is 0 Å². The second-order valence-electron chi connectivity index (χ2n) is 4.42. The zero-order valence-corrected chi connectivity index (χ0v) is 12.7. The van der Waals surface area contributed by atoms with Crippen LogP contribution in [0.3, 0.4) is 0 Å². The summed E-state index contributed by atoms with van der Waals surface area (Å²) < 4.78 is 32.4.